The lowest BCUT2D eigenvalue weighted by Gasteiger charge is -2.13. The van der Waals surface area contributed by atoms with Gasteiger partial charge in [0.05, 0.1) is 11.0 Å². The van der Waals surface area contributed by atoms with E-state index in [1.807, 2.05) is 72.9 Å². The second kappa shape index (κ2) is 10.0. The molecule has 47 heavy (non-hydrogen) atoms. The van der Waals surface area contributed by atoms with Crippen molar-refractivity contribution in [2.45, 2.75) is 0 Å². The van der Waals surface area contributed by atoms with Gasteiger partial charge in [-0.05, 0) is 57.3 Å². The van der Waals surface area contributed by atoms with Crippen LogP contribution in [0.1, 0.15) is 0 Å². The first-order valence-electron chi connectivity index (χ1n) is 15.7. The van der Waals surface area contributed by atoms with Crippen molar-refractivity contribution in [3.8, 4) is 62.2 Å². The first-order chi connectivity index (χ1) is 23.3. The maximum atomic E-state index is 4.98. The molecule has 1 aliphatic rings. The first kappa shape index (κ1) is 25.8. The zero-order chi connectivity index (χ0) is 30.9. The fraction of sp³-hybridized carbons (Fsp3) is 0. The van der Waals surface area contributed by atoms with Gasteiger partial charge in [0.2, 0.25) is 0 Å². The van der Waals surface area contributed by atoms with Crippen molar-refractivity contribution in [2.75, 3.05) is 0 Å². The molecule has 0 aliphatic heterocycles. The molecule has 0 spiro atoms. The average Bonchev–Trinajstić information content (AvgIpc) is 3.43. The van der Waals surface area contributed by atoms with Crippen molar-refractivity contribution in [3.63, 3.8) is 0 Å². The van der Waals surface area contributed by atoms with Crippen molar-refractivity contribution < 1.29 is 0 Å². The van der Waals surface area contributed by atoms with Gasteiger partial charge in [-0.2, -0.15) is 0 Å². The van der Waals surface area contributed by atoms with Crippen LogP contribution in [-0.4, -0.2) is 24.5 Å². The van der Waals surface area contributed by atoms with Crippen LogP contribution in [-0.2, 0) is 0 Å². The number of fused-ring (bicyclic) bond motifs is 2. The van der Waals surface area contributed by atoms with Gasteiger partial charge in [0, 0.05) is 33.7 Å². The van der Waals surface area contributed by atoms with Gasteiger partial charge in [-0.1, -0.05) is 121 Å². The van der Waals surface area contributed by atoms with E-state index in [0.29, 0.717) is 17.5 Å². The lowest BCUT2D eigenvalue weighted by Crippen LogP contribution is -2.02. The van der Waals surface area contributed by atoms with E-state index < -0.39 is 0 Å². The number of rotatable bonds is 4. The Morgan fingerprint density at radius 1 is 0.383 bits per heavy atom. The van der Waals surface area contributed by atoms with E-state index in [9.17, 15) is 0 Å². The molecule has 5 heteroatoms. The quantitative estimate of drug-likeness (QED) is 0.202. The SMILES string of the molecule is c1ccc(-c2nc(-c3ccccc3)nc(-c3ccnc(-n4c5cccc6c5c5c(cccc54)-c4cccc5cccc-6c45)c3)n2)cc1. The van der Waals surface area contributed by atoms with Gasteiger partial charge in [-0.3, -0.25) is 4.57 Å². The Kier molecular flexibility index (Phi) is 5.51. The van der Waals surface area contributed by atoms with E-state index in [4.69, 9.17) is 19.9 Å². The van der Waals surface area contributed by atoms with Crippen LogP contribution in [0.4, 0.5) is 0 Å². The van der Waals surface area contributed by atoms with Crippen LogP contribution < -0.4 is 0 Å². The molecule has 218 valence electrons. The molecule has 3 heterocycles. The number of aromatic nitrogens is 5. The molecule has 6 aromatic carbocycles. The van der Waals surface area contributed by atoms with Crippen LogP contribution in [0.15, 0.2) is 152 Å². The van der Waals surface area contributed by atoms with E-state index in [1.165, 1.54) is 43.8 Å². The van der Waals surface area contributed by atoms with Crippen LogP contribution >= 0.6 is 0 Å². The lowest BCUT2D eigenvalue weighted by atomic mass is 9.93. The predicted octanol–water partition coefficient (Wildman–Crippen LogP) is 10.2. The van der Waals surface area contributed by atoms with Crippen molar-refractivity contribution in [3.05, 3.63) is 152 Å². The smallest absolute Gasteiger partial charge is 0.164 e. The highest BCUT2D eigenvalue weighted by Crippen LogP contribution is 2.49. The van der Waals surface area contributed by atoms with Gasteiger partial charge in [0.25, 0.3) is 0 Å². The molecule has 0 saturated heterocycles. The Morgan fingerprint density at radius 2 is 0.851 bits per heavy atom. The molecule has 3 aromatic heterocycles. The molecule has 0 radical (unpaired) electrons. The summed E-state index contributed by atoms with van der Waals surface area (Å²) in [7, 11) is 0. The minimum absolute atomic E-state index is 0.602. The summed E-state index contributed by atoms with van der Waals surface area (Å²) in [6, 6.07) is 50.7. The highest BCUT2D eigenvalue weighted by atomic mass is 15.1. The van der Waals surface area contributed by atoms with Crippen molar-refractivity contribution in [2.24, 2.45) is 0 Å². The van der Waals surface area contributed by atoms with Gasteiger partial charge < -0.3 is 0 Å². The number of hydrogen-bond donors (Lipinski definition) is 0. The summed E-state index contributed by atoms with van der Waals surface area (Å²) in [5, 5.41) is 5.04. The second-order valence-electron chi connectivity index (χ2n) is 11.9. The van der Waals surface area contributed by atoms with Crippen LogP contribution in [0.2, 0.25) is 0 Å². The van der Waals surface area contributed by atoms with E-state index in [1.54, 1.807) is 0 Å². The van der Waals surface area contributed by atoms with Crippen LogP contribution in [0.3, 0.4) is 0 Å². The monoisotopic (exact) mass is 599 g/mol. The molecule has 10 rings (SSSR count). The largest absolute Gasteiger partial charge is 0.294 e. The number of nitrogens with zero attached hydrogens (tertiary/aromatic N) is 5. The van der Waals surface area contributed by atoms with Gasteiger partial charge in [-0.15, -0.1) is 0 Å². The molecular weight excluding hydrogens is 574 g/mol. The van der Waals surface area contributed by atoms with Gasteiger partial charge >= 0.3 is 0 Å². The topological polar surface area (TPSA) is 56.5 Å². The predicted molar refractivity (Wildman–Crippen MR) is 190 cm³/mol. The highest BCUT2D eigenvalue weighted by molar-refractivity contribution is 6.27. The average molecular weight is 600 g/mol. The minimum atomic E-state index is 0.602. The Balaban J connectivity index is 1.22. The van der Waals surface area contributed by atoms with Gasteiger partial charge in [0.1, 0.15) is 5.82 Å². The van der Waals surface area contributed by atoms with Crippen molar-refractivity contribution in [1.82, 2.24) is 24.5 Å². The third kappa shape index (κ3) is 3.90. The molecular formula is C42H25N5. The summed E-state index contributed by atoms with van der Waals surface area (Å²) in [4.78, 5) is 19.8. The van der Waals surface area contributed by atoms with Gasteiger partial charge in [-0.25, -0.2) is 19.9 Å². The number of pyridine rings is 1. The molecule has 0 atom stereocenters. The Hall–Kier alpha value is -6.46. The van der Waals surface area contributed by atoms with E-state index in [0.717, 1.165) is 33.5 Å². The molecule has 0 amide bonds. The van der Waals surface area contributed by atoms with E-state index in [2.05, 4.69) is 83.4 Å². The summed E-state index contributed by atoms with van der Waals surface area (Å²) in [5.41, 5.74) is 9.97. The normalized spacial score (nSPS) is 11.8. The zero-order valence-electron chi connectivity index (χ0n) is 25.2. The van der Waals surface area contributed by atoms with Crippen molar-refractivity contribution in [1.29, 1.82) is 0 Å². The summed E-state index contributed by atoms with van der Waals surface area (Å²) in [6.45, 7) is 0. The molecule has 0 saturated carbocycles. The maximum Gasteiger partial charge on any atom is 0.164 e. The summed E-state index contributed by atoms with van der Waals surface area (Å²) in [5.74, 6) is 2.68. The Morgan fingerprint density at radius 3 is 1.38 bits per heavy atom. The zero-order valence-corrected chi connectivity index (χ0v) is 25.2. The molecule has 0 N–H and O–H groups in total. The number of hydrogen-bond acceptors (Lipinski definition) is 4. The Labute approximate surface area is 270 Å². The molecule has 1 aliphatic carbocycles. The molecule has 9 aromatic rings. The summed E-state index contributed by atoms with van der Waals surface area (Å²) in [6.07, 6.45) is 1.85. The lowest BCUT2D eigenvalue weighted by molar-refractivity contribution is 1.05. The molecule has 0 bridgehead atoms. The first-order valence-corrected chi connectivity index (χ1v) is 15.7. The third-order valence-corrected chi connectivity index (χ3v) is 9.23. The van der Waals surface area contributed by atoms with Crippen LogP contribution in [0.25, 0.3) is 94.8 Å². The number of benzene rings is 6. The van der Waals surface area contributed by atoms with Crippen LogP contribution in [0, 0.1) is 0 Å². The molecule has 0 fully saturated rings. The minimum Gasteiger partial charge on any atom is -0.294 e. The van der Waals surface area contributed by atoms with Gasteiger partial charge in [0.15, 0.2) is 17.5 Å². The maximum absolute atomic E-state index is 4.98. The van der Waals surface area contributed by atoms with E-state index >= 15 is 0 Å². The standard InChI is InChI=1S/C42H25N5/c1-3-11-27(12-4-1)40-44-41(28-13-5-2-6-14-28)46-42(45-40)29-23-24-43-36(25-29)47-34-21-9-19-32-30-17-7-15-26-16-8-18-31(37(26)30)33-20-10-22-35(47)39(33)38(32)34/h1-25H. The van der Waals surface area contributed by atoms with Crippen LogP contribution in [0.5, 0.6) is 0 Å². The summed E-state index contributed by atoms with van der Waals surface area (Å²) < 4.78 is 2.28. The highest BCUT2D eigenvalue weighted by Gasteiger charge is 2.25. The summed E-state index contributed by atoms with van der Waals surface area (Å²) >= 11 is 0. The second-order valence-corrected chi connectivity index (χ2v) is 11.9. The molecule has 0 unspecified atom stereocenters. The fourth-order valence-electron chi connectivity index (χ4n) is 7.21. The third-order valence-electron chi connectivity index (χ3n) is 9.23. The Bertz CT molecular complexity index is 2520. The van der Waals surface area contributed by atoms with Crippen molar-refractivity contribution >= 4 is 32.6 Å². The molecule has 5 nitrogen and oxygen atoms in total. The fourth-order valence-corrected chi connectivity index (χ4v) is 7.21. The van der Waals surface area contributed by atoms with E-state index in [-0.39, 0.29) is 0 Å².